The van der Waals surface area contributed by atoms with Gasteiger partial charge >= 0.3 is 0 Å². The highest BCUT2D eigenvalue weighted by Gasteiger charge is 2.17. The van der Waals surface area contributed by atoms with E-state index in [9.17, 15) is 15.0 Å². The van der Waals surface area contributed by atoms with E-state index in [4.69, 9.17) is 0 Å². The fourth-order valence-corrected chi connectivity index (χ4v) is 6.88. The van der Waals surface area contributed by atoms with Crippen LogP contribution in [0.2, 0.25) is 0 Å². The van der Waals surface area contributed by atoms with Gasteiger partial charge in [0.2, 0.25) is 5.91 Å². The minimum atomic E-state index is -0.848. The molecule has 3 N–H and O–H groups in total. The third-order valence-corrected chi connectivity index (χ3v) is 10.7. The van der Waals surface area contributed by atoms with E-state index in [1.54, 1.807) is 6.08 Å². The highest BCUT2D eigenvalue weighted by Crippen LogP contribution is 2.13. The Morgan fingerprint density at radius 2 is 0.721 bits per heavy atom. The monoisotopic (exact) mass is 842 g/mol. The normalized spacial score (nSPS) is 14.0. The lowest BCUT2D eigenvalue weighted by Gasteiger charge is -2.20. The maximum absolute atomic E-state index is 12.4. The Labute approximate surface area is 378 Å². The number of aliphatic hydroxyl groups is 2. The SMILES string of the molecule is CC/C=C\C/C=C\C/C=C\C/C=C\C/C=C\C/C=C\C/C=C\C/C=C\C/C=C\CCCCCCCCCCCC(=O)NC(CO)C(O)/C=C/CCCCCCCCCCCC. The molecule has 0 aromatic rings. The molecule has 0 aromatic heterocycles. The summed E-state index contributed by atoms with van der Waals surface area (Å²) in [6, 6.07) is -0.632. The fraction of sp³-hybridized carbons (Fsp3) is 0.632. The standard InChI is InChI=1S/C57H95NO3/c1-3-5-7-9-11-13-15-17-18-19-20-21-22-23-24-25-26-27-28-29-30-31-32-33-34-35-36-37-38-39-40-41-43-45-47-49-51-53-57(61)58-55(54-59)56(60)52-50-48-46-44-42-16-14-12-10-8-6-4-2/h5,7,11,13,17-18,20-21,23-24,26-27,29-30,32-33,35-36,50,52,55-56,59-60H,3-4,6,8-10,12,14-16,19,22,25,28,31,34,37-49,51,53-54H2,1-2H3,(H,58,61)/b7-5-,13-11-,18-17-,21-20-,24-23-,27-26-,30-29-,33-32-,36-35-,52-50+. The second kappa shape index (κ2) is 51.1. The average Bonchev–Trinajstić information content (AvgIpc) is 3.26. The Morgan fingerprint density at radius 1 is 0.410 bits per heavy atom. The zero-order chi connectivity index (χ0) is 44.2. The van der Waals surface area contributed by atoms with Gasteiger partial charge in [0.05, 0.1) is 18.8 Å². The molecule has 4 nitrogen and oxygen atoms in total. The van der Waals surface area contributed by atoms with Gasteiger partial charge in [-0.15, -0.1) is 0 Å². The van der Waals surface area contributed by atoms with Gasteiger partial charge in [0.25, 0.3) is 0 Å². The quantitative estimate of drug-likeness (QED) is 0.0423. The number of carbonyl (C=O) groups excluding carboxylic acids is 1. The Kier molecular flexibility index (Phi) is 48.5. The van der Waals surface area contributed by atoms with Gasteiger partial charge in [0, 0.05) is 6.42 Å². The lowest BCUT2D eigenvalue weighted by Crippen LogP contribution is -2.45. The molecule has 2 atom stereocenters. The Bertz CT molecular complexity index is 1230. The highest BCUT2D eigenvalue weighted by molar-refractivity contribution is 5.76. The smallest absolute Gasteiger partial charge is 0.220 e. The number of amides is 1. The molecule has 0 rings (SSSR count). The molecule has 2 unspecified atom stereocenters. The van der Waals surface area contributed by atoms with Crippen molar-refractivity contribution in [1.29, 1.82) is 0 Å². The van der Waals surface area contributed by atoms with Crippen molar-refractivity contribution >= 4 is 5.91 Å². The van der Waals surface area contributed by atoms with E-state index < -0.39 is 12.1 Å². The molecule has 0 radical (unpaired) electrons. The minimum absolute atomic E-state index is 0.0770. The van der Waals surface area contributed by atoms with E-state index in [1.165, 1.54) is 103 Å². The lowest BCUT2D eigenvalue weighted by molar-refractivity contribution is -0.123. The summed E-state index contributed by atoms with van der Waals surface area (Å²) in [5, 5.41) is 23.0. The number of nitrogens with one attached hydrogen (secondary N) is 1. The molecular formula is C57H95NO3. The van der Waals surface area contributed by atoms with Crippen LogP contribution in [0, 0.1) is 0 Å². The molecule has 0 spiro atoms. The van der Waals surface area contributed by atoms with Crippen molar-refractivity contribution in [2.24, 2.45) is 0 Å². The summed E-state index contributed by atoms with van der Waals surface area (Å²) >= 11 is 0. The summed E-state index contributed by atoms with van der Waals surface area (Å²) < 4.78 is 0. The van der Waals surface area contributed by atoms with Crippen LogP contribution in [0.3, 0.4) is 0 Å². The number of rotatable bonds is 44. The van der Waals surface area contributed by atoms with Crippen LogP contribution in [0.15, 0.2) is 122 Å². The van der Waals surface area contributed by atoms with E-state index >= 15 is 0 Å². The molecule has 346 valence electrons. The number of hydrogen-bond acceptors (Lipinski definition) is 3. The summed E-state index contributed by atoms with van der Waals surface area (Å²) in [5.74, 6) is -0.0770. The Hall–Kier alpha value is -3.21. The molecule has 0 heterocycles. The first-order valence-electron chi connectivity index (χ1n) is 25.2. The highest BCUT2D eigenvalue weighted by atomic mass is 16.3. The van der Waals surface area contributed by atoms with Crippen molar-refractivity contribution in [2.75, 3.05) is 6.61 Å². The van der Waals surface area contributed by atoms with E-state index in [0.29, 0.717) is 6.42 Å². The van der Waals surface area contributed by atoms with Crippen LogP contribution in [0.5, 0.6) is 0 Å². The molecule has 1 amide bonds. The second-order valence-corrected chi connectivity index (χ2v) is 16.5. The predicted molar refractivity (Wildman–Crippen MR) is 271 cm³/mol. The average molecular weight is 842 g/mol. The molecule has 0 aromatic carbocycles. The number of carbonyl (C=O) groups is 1. The molecule has 0 saturated carbocycles. The zero-order valence-electron chi connectivity index (χ0n) is 39.6. The molecule has 61 heavy (non-hydrogen) atoms. The van der Waals surface area contributed by atoms with Crippen molar-refractivity contribution in [3.63, 3.8) is 0 Å². The molecule has 0 aliphatic heterocycles. The summed E-state index contributed by atoms with van der Waals surface area (Å²) in [4.78, 5) is 12.4. The van der Waals surface area contributed by atoms with Crippen LogP contribution < -0.4 is 5.32 Å². The first kappa shape index (κ1) is 57.8. The van der Waals surface area contributed by atoms with Crippen molar-refractivity contribution in [2.45, 2.75) is 225 Å². The first-order chi connectivity index (χ1) is 30.2. The molecule has 0 aliphatic rings. The van der Waals surface area contributed by atoms with Crippen LogP contribution in [0.4, 0.5) is 0 Å². The van der Waals surface area contributed by atoms with Gasteiger partial charge in [-0.1, -0.05) is 238 Å². The maximum Gasteiger partial charge on any atom is 0.220 e. The van der Waals surface area contributed by atoms with Crippen molar-refractivity contribution in [1.82, 2.24) is 5.32 Å². The van der Waals surface area contributed by atoms with Gasteiger partial charge in [-0.25, -0.2) is 0 Å². The van der Waals surface area contributed by atoms with Gasteiger partial charge in [-0.05, 0) is 89.9 Å². The summed E-state index contributed by atoms with van der Waals surface area (Å²) in [6.45, 7) is 4.17. The number of hydrogen-bond donors (Lipinski definition) is 3. The van der Waals surface area contributed by atoms with Crippen molar-refractivity contribution < 1.29 is 15.0 Å². The first-order valence-corrected chi connectivity index (χ1v) is 25.2. The van der Waals surface area contributed by atoms with E-state index in [2.05, 4.69) is 129 Å². The Morgan fingerprint density at radius 3 is 1.08 bits per heavy atom. The van der Waals surface area contributed by atoms with E-state index in [-0.39, 0.29) is 12.5 Å². The number of aliphatic hydroxyl groups excluding tert-OH is 2. The van der Waals surface area contributed by atoms with Crippen LogP contribution in [0.1, 0.15) is 213 Å². The van der Waals surface area contributed by atoms with E-state index in [0.717, 1.165) is 89.9 Å². The summed E-state index contributed by atoms with van der Waals surface area (Å²) in [6.07, 6.45) is 79.0. The topological polar surface area (TPSA) is 69.6 Å². The van der Waals surface area contributed by atoms with Gasteiger partial charge in [-0.3, -0.25) is 4.79 Å². The molecule has 0 fully saturated rings. The maximum atomic E-state index is 12.4. The molecule has 4 heteroatoms. The lowest BCUT2D eigenvalue weighted by atomic mass is 10.0. The minimum Gasteiger partial charge on any atom is -0.394 e. The van der Waals surface area contributed by atoms with Crippen LogP contribution >= 0.6 is 0 Å². The predicted octanol–water partition coefficient (Wildman–Crippen LogP) is 16.5. The van der Waals surface area contributed by atoms with Gasteiger partial charge in [0.1, 0.15) is 0 Å². The van der Waals surface area contributed by atoms with Crippen molar-refractivity contribution in [3.8, 4) is 0 Å². The summed E-state index contributed by atoms with van der Waals surface area (Å²) in [5.41, 5.74) is 0. The zero-order valence-corrected chi connectivity index (χ0v) is 39.6. The fourth-order valence-electron chi connectivity index (χ4n) is 6.88. The second-order valence-electron chi connectivity index (χ2n) is 16.5. The number of unbranched alkanes of at least 4 members (excludes halogenated alkanes) is 19. The molecule has 0 saturated heterocycles. The van der Waals surface area contributed by atoms with Gasteiger partial charge < -0.3 is 15.5 Å². The molecule has 0 aliphatic carbocycles. The van der Waals surface area contributed by atoms with Crippen LogP contribution in [0.25, 0.3) is 0 Å². The van der Waals surface area contributed by atoms with Gasteiger partial charge in [0.15, 0.2) is 0 Å². The third-order valence-electron chi connectivity index (χ3n) is 10.7. The van der Waals surface area contributed by atoms with Crippen LogP contribution in [-0.4, -0.2) is 34.9 Å². The summed E-state index contributed by atoms with van der Waals surface area (Å²) in [7, 11) is 0. The largest absolute Gasteiger partial charge is 0.394 e. The van der Waals surface area contributed by atoms with E-state index in [1.807, 2.05) is 6.08 Å². The van der Waals surface area contributed by atoms with Gasteiger partial charge in [-0.2, -0.15) is 0 Å². The third kappa shape index (κ3) is 47.7. The Balaban J connectivity index is 3.63. The molecular weight excluding hydrogens is 747 g/mol. The van der Waals surface area contributed by atoms with Crippen molar-refractivity contribution in [3.05, 3.63) is 122 Å². The molecule has 0 bridgehead atoms. The number of allylic oxidation sites excluding steroid dienone is 19. The van der Waals surface area contributed by atoms with Crippen LogP contribution in [-0.2, 0) is 4.79 Å².